The van der Waals surface area contributed by atoms with Crippen molar-refractivity contribution in [3.8, 4) is 5.75 Å². The summed E-state index contributed by atoms with van der Waals surface area (Å²) >= 11 is 0. The maximum Gasteiger partial charge on any atom is 0.124 e. The highest BCUT2D eigenvalue weighted by Gasteiger charge is 2.29. The number of hydrogen-bond donors (Lipinski definition) is 1. The molecule has 0 aromatic heterocycles. The van der Waals surface area contributed by atoms with Crippen molar-refractivity contribution in [2.75, 3.05) is 0 Å². The van der Waals surface area contributed by atoms with Crippen LogP contribution in [0.1, 0.15) is 50.7 Å². The summed E-state index contributed by atoms with van der Waals surface area (Å²) in [7, 11) is 0. The minimum Gasteiger partial charge on any atom is -0.490 e. The Morgan fingerprint density at radius 3 is 3.00 bits per heavy atom. The molecule has 1 aliphatic heterocycles. The van der Waals surface area contributed by atoms with Gasteiger partial charge in [-0.25, -0.2) is 0 Å². The second-order valence-electron chi connectivity index (χ2n) is 6.50. The van der Waals surface area contributed by atoms with Crippen molar-refractivity contribution in [1.82, 2.24) is 5.32 Å². The molecule has 1 fully saturated rings. The summed E-state index contributed by atoms with van der Waals surface area (Å²) in [5.74, 6) is 1.11. The van der Waals surface area contributed by atoms with E-state index in [1.165, 1.54) is 36.8 Å². The van der Waals surface area contributed by atoms with Crippen LogP contribution in [0.2, 0.25) is 0 Å². The number of nitrogens with one attached hydrogen (secondary N) is 1. The van der Waals surface area contributed by atoms with Crippen molar-refractivity contribution in [3.63, 3.8) is 0 Å². The molecule has 0 bridgehead atoms. The van der Waals surface area contributed by atoms with E-state index >= 15 is 0 Å². The summed E-state index contributed by atoms with van der Waals surface area (Å²) in [5, 5.41) is 3.40. The van der Waals surface area contributed by atoms with E-state index in [2.05, 4.69) is 37.4 Å². The van der Waals surface area contributed by atoms with Crippen molar-refractivity contribution in [1.29, 1.82) is 0 Å². The molecule has 2 nitrogen and oxygen atoms in total. The Morgan fingerprint density at radius 2 is 2.17 bits per heavy atom. The van der Waals surface area contributed by atoms with Crippen molar-refractivity contribution < 1.29 is 4.74 Å². The molecule has 3 rings (SSSR count). The van der Waals surface area contributed by atoms with Gasteiger partial charge in [-0.1, -0.05) is 26.0 Å². The zero-order valence-corrected chi connectivity index (χ0v) is 11.5. The van der Waals surface area contributed by atoms with Crippen molar-refractivity contribution in [2.24, 2.45) is 5.41 Å². The quantitative estimate of drug-likeness (QED) is 0.859. The fraction of sp³-hybridized carbons (Fsp3) is 0.625. The number of rotatable bonds is 2. The molecule has 1 unspecified atom stereocenters. The van der Waals surface area contributed by atoms with Gasteiger partial charge >= 0.3 is 0 Å². The van der Waals surface area contributed by atoms with E-state index in [1.54, 1.807) is 0 Å². The monoisotopic (exact) mass is 245 g/mol. The van der Waals surface area contributed by atoms with E-state index in [0.717, 1.165) is 18.8 Å². The molecular weight excluding hydrogens is 222 g/mol. The van der Waals surface area contributed by atoms with Gasteiger partial charge in [0.05, 0.1) is 6.10 Å². The average molecular weight is 245 g/mol. The predicted molar refractivity (Wildman–Crippen MR) is 73.7 cm³/mol. The third-order valence-corrected chi connectivity index (χ3v) is 4.30. The Morgan fingerprint density at radius 1 is 1.28 bits per heavy atom. The van der Waals surface area contributed by atoms with Crippen LogP contribution in [0.4, 0.5) is 0 Å². The second-order valence-corrected chi connectivity index (χ2v) is 6.50. The molecule has 0 spiro atoms. The fourth-order valence-corrected chi connectivity index (χ4v) is 3.32. The van der Waals surface area contributed by atoms with Gasteiger partial charge in [0, 0.05) is 18.7 Å². The van der Waals surface area contributed by atoms with Crippen LogP contribution >= 0.6 is 0 Å². The normalized spacial score (nSPS) is 25.8. The average Bonchev–Trinajstić information content (AvgIpc) is 2.77. The van der Waals surface area contributed by atoms with E-state index in [4.69, 9.17) is 4.74 Å². The second kappa shape index (κ2) is 4.58. The largest absolute Gasteiger partial charge is 0.490 e. The predicted octanol–water partition coefficient (Wildman–Crippen LogP) is 3.64. The van der Waals surface area contributed by atoms with Crippen molar-refractivity contribution >= 4 is 0 Å². The highest BCUT2D eigenvalue weighted by Crippen LogP contribution is 2.38. The molecule has 1 N–H and O–H groups in total. The van der Waals surface area contributed by atoms with E-state index in [0.29, 0.717) is 11.5 Å². The first-order chi connectivity index (χ1) is 8.64. The van der Waals surface area contributed by atoms with Crippen LogP contribution < -0.4 is 10.1 Å². The Labute approximate surface area is 110 Å². The Kier molecular flexibility index (Phi) is 3.06. The summed E-state index contributed by atoms with van der Waals surface area (Å²) < 4.78 is 6.29. The number of ether oxygens (including phenoxy) is 1. The molecule has 0 radical (unpaired) electrons. The van der Waals surface area contributed by atoms with Gasteiger partial charge in [0.2, 0.25) is 0 Å². The number of fused-ring (bicyclic) bond motifs is 1. The zero-order chi connectivity index (χ0) is 12.6. The van der Waals surface area contributed by atoms with Crippen LogP contribution in [-0.2, 0) is 13.1 Å². The van der Waals surface area contributed by atoms with Crippen LogP contribution in [0.3, 0.4) is 0 Å². The minimum absolute atomic E-state index is 0.404. The molecule has 1 saturated carbocycles. The summed E-state index contributed by atoms with van der Waals surface area (Å²) in [4.78, 5) is 0. The minimum atomic E-state index is 0.404. The van der Waals surface area contributed by atoms with Gasteiger partial charge in [-0.05, 0) is 42.7 Å². The van der Waals surface area contributed by atoms with Gasteiger partial charge in [-0.15, -0.1) is 0 Å². The molecule has 18 heavy (non-hydrogen) atoms. The lowest BCUT2D eigenvalue weighted by molar-refractivity contribution is 0.0843. The first-order valence-electron chi connectivity index (χ1n) is 7.12. The highest BCUT2D eigenvalue weighted by atomic mass is 16.5. The lowest BCUT2D eigenvalue weighted by Gasteiger charge is -2.35. The Bertz CT molecular complexity index is 439. The molecule has 1 aromatic carbocycles. The van der Waals surface area contributed by atoms with Gasteiger partial charge in [0.15, 0.2) is 0 Å². The first-order valence-corrected chi connectivity index (χ1v) is 7.12. The maximum atomic E-state index is 6.29. The summed E-state index contributed by atoms with van der Waals surface area (Å²) in [6, 6.07) is 6.45. The molecule has 1 aromatic rings. The van der Waals surface area contributed by atoms with Gasteiger partial charge in [-0.3, -0.25) is 0 Å². The van der Waals surface area contributed by atoms with Crippen LogP contribution in [0.5, 0.6) is 5.75 Å². The van der Waals surface area contributed by atoms with Crippen LogP contribution in [0.25, 0.3) is 0 Å². The smallest absolute Gasteiger partial charge is 0.124 e. The fourth-order valence-electron chi connectivity index (χ4n) is 3.32. The van der Waals surface area contributed by atoms with E-state index in [-0.39, 0.29) is 0 Å². The molecule has 1 aliphatic carbocycles. The lowest BCUT2D eigenvalue weighted by atomic mass is 9.76. The molecule has 1 heterocycles. The molecule has 0 saturated heterocycles. The SMILES string of the molecule is CC1(C)CCCC(Oc2cccc3c2CNC3)C1. The van der Waals surface area contributed by atoms with E-state index < -0.39 is 0 Å². The van der Waals surface area contributed by atoms with Gasteiger partial charge in [0.25, 0.3) is 0 Å². The van der Waals surface area contributed by atoms with E-state index in [1.807, 2.05) is 0 Å². The lowest BCUT2D eigenvalue weighted by Crippen LogP contribution is -2.30. The van der Waals surface area contributed by atoms with Crippen molar-refractivity contribution in [2.45, 2.75) is 58.7 Å². The van der Waals surface area contributed by atoms with Gasteiger partial charge in [0.1, 0.15) is 5.75 Å². The van der Waals surface area contributed by atoms with E-state index in [9.17, 15) is 0 Å². The van der Waals surface area contributed by atoms with Crippen LogP contribution in [0.15, 0.2) is 18.2 Å². The number of benzene rings is 1. The van der Waals surface area contributed by atoms with Crippen LogP contribution in [0, 0.1) is 5.41 Å². The molecule has 98 valence electrons. The molecule has 2 aliphatic rings. The molecule has 1 atom stereocenters. The molecular formula is C16H23NO. The maximum absolute atomic E-state index is 6.29. The topological polar surface area (TPSA) is 21.3 Å². The molecule has 0 amide bonds. The first kappa shape index (κ1) is 12.0. The summed E-state index contributed by atoms with van der Waals surface area (Å²) in [6.07, 6.45) is 5.43. The molecule has 2 heteroatoms. The van der Waals surface area contributed by atoms with Gasteiger partial charge in [-0.2, -0.15) is 0 Å². The van der Waals surface area contributed by atoms with Crippen LogP contribution in [-0.4, -0.2) is 6.10 Å². The van der Waals surface area contributed by atoms with Gasteiger partial charge < -0.3 is 10.1 Å². The third kappa shape index (κ3) is 2.39. The Hall–Kier alpha value is -1.02. The van der Waals surface area contributed by atoms with Crippen molar-refractivity contribution in [3.05, 3.63) is 29.3 Å². The standard InChI is InChI=1S/C16H23NO/c1-16(2)8-4-6-13(9-16)18-15-7-3-5-12-10-17-11-14(12)15/h3,5,7,13,17H,4,6,8-11H2,1-2H3. The Balaban J connectivity index is 1.75. The third-order valence-electron chi connectivity index (χ3n) is 4.30. The summed E-state index contributed by atoms with van der Waals surface area (Å²) in [5.41, 5.74) is 3.22. The highest BCUT2D eigenvalue weighted by molar-refractivity contribution is 5.42. The number of hydrogen-bond acceptors (Lipinski definition) is 2. The zero-order valence-electron chi connectivity index (χ0n) is 11.5. The summed E-state index contributed by atoms with van der Waals surface area (Å²) in [6.45, 7) is 6.67.